The molecule has 0 aromatic carbocycles. The highest BCUT2D eigenvalue weighted by Crippen LogP contribution is 2.29. The number of rotatable bonds is 2. The van der Waals surface area contributed by atoms with E-state index in [4.69, 9.17) is 0 Å². The van der Waals surface area contributed by atoms with Gasteiger partial charge < -0.3 is 5.11 Å². The van der Waals surface area contributed by atoms with Gasteiger partial charge in [-0.25, -0.2) is 4.79 Å². The van der Waals surface area contributed by atoms with Crippen molar-refractivity contribution in [1.29, 1.82) is 0 Å². The summed E-state index contributed by atoms with van der Waals surface area (Å²) in [6.45, 7) is 1.80. The second kappa shape index (κ2) is 5.42. The summed E-state index contributed by atoms with van der Waals surface area (Å²) in [5, 5.41) is 10.1. The summed E-state index contributed by atoms with van der Waals surface area (Å²) in [4.78, 5) is 25.8. The normalized spacial score (nSPS) is 17.6. The van der Waals surface area contributed by atoms with E-state index in [0.717, 1.165) is 25.7 Å². The van der Waals surface area contributed by atoms with E-state index in [1.54, 1.807) is 6.92 Å². The van der Waals surface area contributed by atoms with Gasteiger partial charge in [-0.1, -0.05) is 32.6 Å². The Kier molecular flexibility index (Phi) is 3.89. The number of H-pyrrole nitrogens is 1. The highest BCUT2D eigenvalue weighted by molar-refractivity contribution is 5.23. The van der Waals surface area contributed by atoms with Crippen LogP contribution in [-0.4, -0.2) is 14.7 Å². The minimum atomic E-state index is -0.485. The SMILES string of the molecule is CCc1c(O)n(C2CCCCCC2)c(=O)[nH]c1=O. The van der Waals surface area contributed by atoms with Gasteiger partial charge in [0, 0.05) is 6.04 Å². The van der Waals surface area contributed by atoms with E-state index in [0.29, 0.717) is 12.0 Å². The van der Waals surface area contributed by atoms with Gasteiger partial charge in [-0.05, 0) is 19.3 Å². The van der Waals surface area contributed by atoms with E-state index < -0.39 is 11.2 Å². The molecule has 1 aliphatic rings. The smallest absolute Gasteiger partial charge is 0.331 e. The van der Waals surface area contributed by atoms with Gasteiger partial charge in [-0.3, -0.25) is 14.3 Å². The zero-order valence-corrected chi connectivity index (χ0v) is 10.7. The summed E-state index contributed by atoms with van der Waals surface area (Å²) >= 11 is 0. The molecule has 18 heavy (non-hydrogen) atoms. The van der Waals surface area contributed by atoms with Gasteiger partial charge in [0.25, 0.3) is 5.56 Å². The Morgan fingerprint density at radius 2 is 1.83 bits per heavy atom. The number of nitrogens with one attached hydrogen (secondary N) is 1. The highest BCUT2D eigenvalue weighted by Gasteiger charge is 2.21. The van der Waals surface area contributed by atoms with Crippen LogP contribution in [0.3, 0.4) is 0 Å². The monoisotopic (exact) mass is 252 g/mol. The minimum Gasteiger partial charge on any atom is -0.494 e. The lowest BCUT2D eigenvalue weighted by molar-refractivity contribution is 0.335. The summed E-state index contributed by atoms with van der Waals surface area (Å²) in [5.74, 6) is -0.141. The average molecular weight is 252 g/mol. The first-order valence-corrected chi connectivity index (χ1v) is 6.71. The summed E-state index contributed by atoms with van der Waals surface area (Å²) < 4.78 is 1.38. The van der Waals surface area contributed by atoms with Gasteiger partial charge in [0.05, 0.1) is 5.56 Å². The van der Waals surface area contributed by atoms with Crippen molar-refractivity contribution in [2.45, 2.75) is 57.9 Å². The molecule has 0 radical (unpaired) electrons. The Hall–Kier alpha value is -1.52. The number of aromatic hydroxyl groups is 1. The maximum Gasteiger partial charge on any atom is 0.331 e. The van der Waals surface area contributed by atoms with Crippen molar-refractivity contribution in [3.63, 3.8) is 0 Å². The van der Waals surface area contributed by atoms with Crippen LogP contribution in [0.2, 0.25) is 0 Å². The molecule has 0 aliphatic heterocycles. The van der Waals surface area contributed by atoms with Crippen LogP contribution in [-0.2, 0) is 6.42 Å². The molecule has 0 spiro atoms. The van der Waals surface area contributed by atoms with Crippen LogP contribution in [0.25, 0.3) is 0 Å². The topological polar surface area (TPSA) is 75.1 Å². The van der Waals surface area contributed by atoms with Crippen LogP contribution < -0.4 is 11.2 Å². The lowest BCUT2D eigenvalue weighted by atomic mass is 10.1. The lowest BCUT2D eigenvalue weighted by Gasteiger charge is -2.19. The van der Waals surface area contributed by atoms with Crippen LogP contribution in [0.1, 0.15) is 57.1 Å². The predicted octanol–water partition coefficient (Wildman–Crippen LogP) is 1.70. The largest absolute Gasteiger partial charge is 0.494 e. The number of hydrogen-bond donors (Lipinski definition) is 2. The van der Waals surface area contributed by atoms with Crippen LogP contribution >= 0.6 is 0 Å². The van der Waals surface area contributed by atoms with Crippen molar-refractivity contribution in [3.05, 3.63) is 26.4 Å². The molecular formula is C13H20N2O3. The lowest BCUT2D eigenvalue weighted by Crippen LogP contribution is -2.34. The third kappa shape index (κ3) is 2.35. The maximum absolute atomic E-state index is 11.9. The second-order valence-corrected chi connectivity index (χ2v) is 4.93. The zero-order valence-electron chi connectivity index (χ0n) is 10.7. The molecule has 0 amide bonds. The Bertz CT molecular complexity index is 522. The molecule has 1 aliphatic carbocycles. The van der Waals surface area contributed by atoms with E-state index >= 15 is 0 Å². The van der Waals surface area contributed by atoms with E-state index in [-0.39, 0.29) is 11.9 Å². The Morgan fingerprint density at radius 1 is 1.22 bits per heavy atom. The van der Waals surface area contributed by atoms with Gasteiger partial charge in [0.1, 0.15) is 0 Å². The van der Waals surface area contributed by atoms with E-state index in [1.165, 1.54) is 17.4 Å². The molecule has 1 aromatic heterocycles. The van der Waals surface area contributed by atoms with Gasteiger partial charge >= 0.3 is 5.69 Å². The van der Waals surface area contributed by atoms with E-state index in [1.807, 2.05) is 0 Å². The molecule has 1 aromatic rings. The van der Waals surface area contributed by atoms with Gasteiger partial charge in [0.2, 0.25) is 5.88 Å². The molecule has 0 bridgehead atoms. The molecule has 1 fully saturated rings. The third-order valence-corrected chi connectivity index (χ3v) is 3.75. The standard InChI is InChI=1S/C13H20N2O3/c1-2-10-11(16)14-13(18)15(12(10)17)9-7-5-3-4-6-8-9/h9,17H,2-8H2,1H3,(H,14,16,18). The van der Waals surface area contributed by atoms with Gasteiger partial charge in [-0.2, -0.15) is 0 Å². The average Bonchev–Trinajstić information content (AvgIpc) is 2.58. The Labute approximate surface area is 105 Å². The third-order valence-electron chi connectivity index (χ3n) is 3.75. The number of hydrogen-bond acceptors (Lipinski definition) is 3. The first kappa shape index (κ1) is 12.9. The Balaban J connectivity index is 2.49. The van der Waals surface area contributed by atoms with Gasteiger partial charge in [-0.15, -0.1) is 0 Å². The molecule has 100 valence electrons. The molecule has 5 heteroatoms. The zero-order chi connectivity index (χ0) is 13.1. The summed E-state index contributed by atoms with van der Waals surface area (Å²) in [6.07, 6.45) is 6.69. The van der Waals surface area contributed by atoms with Crippen molar-refractivity contribution < 1.29 is 5.11 Å². The van der Waals surface area contributed by atoms with Crippen molar-refractivity contribution in [2.75, 3.05) is 0 Å². The first-order valence-electron chi connectivity index (χ1n) is 6.71. The van der Waals surface area contributed by atoms with Crippen molar-refractivity contribution in [1.82, 2.24) is 9.55 Å². The molecule has 1 heterocycles. The molecule has 5 nitrogen and oxygen atoms in total. The fourth-order valence-electron chi connectivity index (χ4n) is 2.75. The molecule has 0 saturated heterocycles. The number of aromatic amines is 1. The molecule has 0 unspecified atom stereocenters. The molecule has 2 N–H and O–H groups in total. The van der Waals surface area contributed by atoms with E-state index in [2.05, 4.69) is 4.98 Å². The summed E-state index contributed by atoms with van der Waals surface area (Å²) in [5.41, 5.74) is -0.648. The first-order chi connectivity index (χ1) is 8.65. The van der Waals surface area contributed by atoms with Crippen LogP contribution in [0.4, 0.5) is 0 Å². The molecule has 1 saturated carbocycles. The maximum atomic E-state index is 11.9. The Morgan fingerprint density at radius 3 is 2.39 bits per heavy atom. The van der Waals surface area contributed by atoms with Crippen molar-refractivity contribution in [3.8, 4) is 5.88 Å². The van der Waals surface area contributed by atoms with Crippen LogP contribution in [0.15, 0.2) is 9.59 Å². The van der Waals surface area contributed by atoms with Crippen molar-refractivity contribution in [2.24, 2.45) is 0 Å². The second-order valence-electron chi connectivity index (χ2n) is 4.93. The molecule has 2 rings (SSSR count). The minimum absolute atomic E-state index is 0.0159. The van der Waals surface area contributed by atoms with Gasteiger partial charge in [0.15, 0.2) is 0 Å². The molecular weight excluding hydrogens is 232 g/mol. The quantitative estimate of drug-likeness (QED) is 0.787. The predicted molar refractivity (Wildman–Crippen MR) is 69.1 cm³/mol. The van der Waals surface area contributed by atoms with Crippen LogP contribution in [0, 0.1) is 0 Å². The number of nitrogens with zero attached hydrogens (tertiary/aromatic N) is 1. The molecule has 0 atom stereocenters. The van der Waals surface area contributed by atoms with Crippen molar-refractivity contribution >= 4 is 0 Å². The highest BCUT2D eigenvalue weighted by atomic mass is 16.3. The summed E-state index contributed by atoms with van der Waals surface area (Å²) in [6, 6.07) is 0.0159. The number of aromatic nitrogens is 2. The van der Waals surface area contributed by atoms with Crippen LogP contribution in [0.5, 0.6) is 5.88 Å². The summed E-state index contributed by atoms with van der Waals surface area (Å²) in [7, 11) is 0. The fourth-order valence-corrected chi connectivity index (χ4v) is 2.75. The van der Waals surface area contributed by atoms with E-state index in [9.17, 15) is 14.7 Å². The fraction of sp³-hybridized carbons (Fsp3) is 0.692.